The largest absolute Gasteiger partial charge is 0.383 e. The van der Waals surface area contributed by atoms with Crippen LogP contribution in [0, 0.1) is 6.92 Å². The Balaban J connectivity index is 2.17. The van der Waals surface area contributed by atoms with Gasteiger partial charge >= 0.3 is 17.5 Å². The molecule has 152 valence electrons. The number of aryl methyl sites for hydroxylation is 1. The first-order chi connectivity index (χ1) is 13.3. The summed E-state index contributed by atoms with van der Waals surface area (Å²) in [5, 5.41) is 3.00. The first-order valence-corrected chi connectivity index (χ1v) is 9.92. The van der Waals surface area contributed by atoms with E-state index in [1.54, 1.807) is 25.5 Å². The van der Waals surface area contributed by atoms with E-state index in [1.165, 1.54) is 20.8 Å². The lowest BCUT2D eigenvalue weighted by molar-refractivity contribution is -0.148. The average molecular weight is 408 g/mol. The molecule has 0 aliphatic carbocycles. The maximum absolute atomic E-state index is 13.0. The van der Waals surface area contributed by atoms with Gasteiger partial charge in [0, 0.05) is 31.1 Å². The molecule has 0 atom stereocenters. The van der Waals surface area contributed by atoms with Crippen molar-refractivity contribution in [2.24, 2.45) is 0 Å². The molecule has 2 aromatic rings. The summed E-state index contributed by atoms with van der Waals surface area (Å²) in [4.78, 5) is 52.5. The Morgan fingerprint density at radius 2 is 1.93 bits per heavy atom. The Morgan fingerprint density at radius 3 is 2.57 bits per heavy atom. The van der Waals surface area contributed by atoms with Gasteiger partial charge < -0.3 is 15.0 Å². The minimum Gasteiger partial charge on any atom is -0.383 e. The van der Waals surface area contributed by atoms with Gasteiger partial charge in [0.25, 0.3) is 5.56 Å². The second kappa shape index (κ2) is 7.88. The molecule has 2 aromatic heterocycles. The van der Waals surface area contributed by atoms with Crippen molar-refractivity contribution >= 4 is 33.4 Å². The number of thiophene rings is 1. The lowest BCUT2D eigenvalue weighted by Gasteiger charge is -2.26. The van der Waals surface area contributed by atoms with Crippen LogP contribution in [-0.2, 0) is 27.4 Å². The number of methoxy groups -OCH3 is 1. The van der Waals surface area contributed by atoms with Crippen molar-refractivity contribution in [3.8, 4) is 0 Å². The van der Waals surface area contributed by atoms with E-state index in [1.807, 2.05) is 6.92 Å². The molecular weight excluding hydrogens is 384 g/mol. The SMILES string of the molecule is COCCn1c(=O)n(C(C)C)c(=O)c2c(C)c(CN3CCNC(=O)C3=O)sc21. The van der Waals surface area contributed by atoms with Gasteiger partial charge in [-0.15, -0.1) is 11.3 Å². The monoisotopic (exact) mass is 408 g/mol. The summed E-state index contributed by atoms with van der Waals surface area (Å²) in [5.74, 6) is -1.20. The summed E-state index contributed by atoms with van der Waals surface area (Å²) < 4.78 is 7.94. The minimum atomic E-state index is -0.621. The first kappa shape index (κ1) is 20.3. The van der Waals surface area contributed by atoms with Crippen LogP contribution in [0.1, 0.15) is 30.3 Å². The molecule has 0 saturated carbocycles. The number of hydrogen-bond donors (Lipinski definition) is 1. The number of amides is 2. The molecule has 2 amide bonds. The molecule has 0 spiro atoms. The topological polar surface area (TPSA) is 103 Å². The summed E-state index contributed by atoms with van der Waals surface area (Å²) in [6.07, 6.45) is 0. The average Bonchev–Trinajstić information content (AvgIpc) is 2.95. The fraction of sp³-hybridized carbons (Fsp3) is 0.556. The summed E-state index contributed by atoms with van der Waals surface area (Å²) in [6, 6.07) is -0.284. The van der Waals surface area contributed by atoms with Crippen LogP contribution in [0.3, 0.4) is 0 Å². The quantitative estimate of drug-likeness (QED) is 0.689. The minimum absolute atomic E-state index is 0.233. The number of rotatable bonds is 6. The van der Waals surface area contributed by atoms with E-state index >= 15 is 0 Å². The number of ether oxygens (including phenoxy) is 1. The predicted molar refractivity (Wildman–Crippen MR) is 106 cm³/mol. The molecular formula is C18H24N4O5S. The van der Waals surface area contributed by atoms with Crippen molar-refractivity contribution in [1.29, 1.82) is 0 Å². The highest BCUT2D eigenvalue weighted by Gasteiger charge is 2.28. The fourth-order valence-electron chi connectivity index (χ4n) is 3.35. The maximum Gasteiger partial charge on any atom is 0.332 e. The van der Waals surface area contributed by atoms with Crippen LogP contribution in [0.25, 0.3) is 10.2 Å². The van der Waals surface area contributed by atoms with Gasteiger partial charge in [0.15, 0.2) is 0 Å². The molecule has 0 aromatic carbocycles. The number of nitrogens with zero attached hydrogens (tertiary/aromatic N) is 3. The Morgan fingerprint density at radius 1 is 1.21 bits per heavy atom. The van der Waals surface area contributed by atoms with Crippen molar-refractivity contribution in [2.75, 3.05) is 26.8 Å². The molecule has 0 unspecified atom stereocenters. The third-order valence-electron chi connectivity index (χ3n) is 4.86. The fourth-order valence-corrected chi connectivity index (χ4v) is 4.68. The number of hydrogen-bond acceptors (Lipinski definition) is 6. The summed E-state index contributed by atoms with van der Waals surface area (Å²) in [6.45, 7) is 7.10. The number of aromatic nitrogens is 2. The predicted octanol–water partition coefficient (Wildman–Crippen LogP) is 0.219. The highest BCUT2D eigenvalue weighted by Crippen LogP contribution is 2.29. The molecule has 1 aliphatic heterocycles. The zero-order valence-corrected chi connectivity index (χ0v) is 17.2. The number of fused-ring (bicyclic) bond motifs is 1. The van der Waals surface area contributed by atoms with Crippen molar-refractivity contribution in [3.05, 3.63) is 31.3 Å². The molecule has 0 bridgehead atoms. The first-order valence-electron chi connectivity index (χ1n) is 9.11. The lowest BCUT2D eigenvalue weighted by Crippen LogP contribution is -2.51. The van der Waals surface area contributed by atoms with E-state index in [0.29, 0.717) is 36.5 Å². The Kier molecular flexibility index (Phi) is 5.71. The molecule has 28 heavy (non-hydrogen) atoms. The molecule has 1 aliphatic rings. The van der Waals surface area contributed by atoms with Crippen LogP contribution in [0.5, 0.6) is 0 Å². The van der Waals surface area contributed by atoms with Crippen LogP contribution in [0.15, 0.2) is 9.59 Å². The van der Waals surface area contributed by atoms with Crippen LogP contribution in [-0.4, -0.2) is 52.7 Å². The van der Waals surface area contributed by atoms with E-state index < -0.39 is 11.8 Å². The van der Waals surface area contributed by atoms with Crippen molar-refractivity contribution in [2.45, 2.75) is 39.9 Å². The Labute approximate surface area is 165 Å². The van der Waals surface area contributed by atoms with Gasteiger partial charge in [-0.25, -0.2) is 4.79 Å². The molecule has 0 radical (unpaired) electrons. The molecule has 1 saturated heterocycles. The molecule has 3 heterocycles. The van der Waals surface area contributed by atoms with E-state index in [2.05, 4.69) is 5.32 Å². The summed E-state index contributed by atoms with van der Waals surface area (Å²) in [5.41, 5.74) is 0.0431. The van der Waals surface area contributed by atoms with Crippen LogP contribution in [0.2, 0.25) is 0 Å². The second-order valence-corrected chi connectivity index (χ2v) is 8.09. The molecule has 10 heteroatoms. The summed E-state index contributed by atoms with van der Waals surface area (Å²) >= 11 is 1.32. The van der Waals surface area contributed by atoms with Gasteiger partial charge in [-0.2, -0.15) is 0 Å². The lowest BCUT2D eigenvalue weighted by atomic mass is 10.2. The van der Waals surface area contributed by atoms with E-state index in [4.69, 9.17) is 4.74 Å². The van der Waals surface area contributed by atoms with Gasteiger partial charge in [0.05, 0.1) is 25.1 Å². The highest BCUT2D eigenvalue weighted by molar-refractivity contribution is 7.18. The normalized spacial score (nSPS) is 15.0. The zero-order valence-electron chi connectivity index (χ0n) is 16.4. The number of carbonyl (C=O) groups excluding carboxylic acids is 2. The van der Waals surface area contributed by atoms with Gasteiger partial charge in [-0.3, -0.25) is 23.5 Å². The molecule has 1 fully saturated rings. The van der Waals surface area contributed by atoms with Gasteiger partial charge in [0.1, 0.15) is 4.83 Å². The number of piperazine rings is 1. The van der Waals surface area contributed by atoms with Gasteiger partial charge in [0.2, 0.25) is 0 Å². The van der Waals surface area contributed by atoms with Crippen LogP contribution in [0.4, 0.5) is 0 Å². The maximum atomic E-state index is 13.0. The second-order valence-electron chi connectivity index (χ2n) is 7.01. The number of nitrogens with one attached hydrogen (secondary N) is 1. The Bertz CT molecular complexity index is 1050. The van der Waals surface area contributed by atoms with Crippen molar-refractivity contribution < 1.29 is 14.3 Å². The van der Waals surface area contributed by atoms with Crippen LogP contribution >= 0.6 is 11.3 Å². The van der Waals surface area contributed by atoms with Gasteiger partial charge in [-0.05, 0) is 26.3 Å². The van der Waals surface area contributed by atoms with Crippen LogP contribution < -0.4 is 16.6 Å². The molecule has 9 nitrogen and oxygen atoms in total. The highest BCUT2D eigenvalue weighted by atomic mass is 32.1. The van der Waals surface area contributed by atoms with E-state index in [0.717, 1.165) is 10.4 Å². The Hall–Kier alpha value is -2.46. The van der Waals surface area contributed by atoms with E-state index in [-0.39, 0.29) is 23.8 Å². The van der Waals surface area contributed by atoms with Crippen molar-refractivity contribution in [3.63, 3.8) is 0 Å². The smallest absolute Gasteiger partial charge is 0.332 e. The van der Waals surface area contributed by atoms with Gasteiger partial charge in [-0.1, -0.05) is 0 Å². The zero-order chi connectivity index (χ0) is 20.6. The summed E-state index contributed by atoms with van der Waals surface area (Å²) in [7, 11) is 1.55. The molecule has 1 N–H and O–H groups in total. The van der Waals surface area contributed by atoms with E-state index in [9.17, 15) is 19.2 Å². The number of carbonyl (C=O) groups is 2. The third-order valence-corrected chi connectivity index (χ3v) is 6.16. The van der Waals surface area contributed by atoms with Crippen molar-refractivity contribution in [1.82, 2.24) is 19.4 Å². The molecule has 3 rings (SSSR count). The third kappa shape index (κ3) is 3.37. The standard InChI is InChI=1S/C18H24N4O5S/c1-10(2)22-15(24)13-11(3)12(9-20-6-5-19-14(23)16(20)25)28-17(13)21(18(22)26)7-8-27-4/h10H,5-9H2,1-4H3,(H,19,23).